The zero-order valence-electron chi connectivity index (χ0n) is 10.2. The summed E-state index contributed by atoms with van der Waals surface area (Å²) in [6, 6.07) is 12.5. The van der Waals surface area contributed by atoms with Gasteiger partial charge in [0.1, 0.15) is 5.82 Å². The Morgan fingerprint density at radius 1 is 1.21 bits per heavy atom. The molecule has 0 amide bonds. The average molecular weight is 278 g/mol. The summed E-state index contributed by atoms with van der Waals surface area (Å²) in [5, 5.41) is 3.67. The molecule has 1 heterocycles. The fraction of sp³-hybridized carbons (Fsp3) is 0.200. The summed E-state index contributed by atoms with van der Waals surface area (Å²) in [6.07, 6.45) is 0. The fourth-order valence-electron chi connectivity index (χ4n) is 2.30. The highest BCUT2D eigenvalue weighted by molar-refractivity contribution is 6.30. The van der Waals surface area contributed by atoms with E-state index in [0.717, 1.165) is 11.1 Å². The molecule has 0 radical (unpaired) electrons. The van der Waals surface area contributed by atoms with Crippen LogP contribution < -0.4 is 5.32 Å². The van der Waals surface area contributed by atoms with E-state index in [0.29, 0.717) is 23.9 Å². The van der Waals surface area contributed by atoms with Crippen molar-refractivity contribution >= 4 is 17.3 Å². The second kappa shape index (κ2) is 5.19. The Labute approximate surface area is 116 Å². The Bertz CT molecular complexity index is 602. The van der Waals surface area contributed by atoms with Gasteiger partial charge in [0.05, 0.1) is 24.9 Å². The lowest BCUT2D eigenvalue weighted by atomic mass is 9.99. The van der Waals surface area contributed by atoms with E-state index < -0.39 is 0 Å². The molecule has 0 spiro atoms. The maximum Gasteiger partial charge on any atom is 0.146 e. The maximum atomic E-state index is 13.7. The van der Waals surface area contributed by atoms with Gasteiger partial charge in [-0.15, -0.1) is 0 Å². The number of halogens is 2. The standard InChI is InChI=1S/C15H13ClFNO/c16-11-5-6-13(17)14(7-11)18-15-9-19-8-10-3-1-2-4-12(10)15/h1-7,15,18H,8-9H2. The first-order chi connectivity index (χ1) is 9.24. The van der Waals surface area contributed by atoms with Gasteiger partial charge in [-0.2, -0.15) is 0 Å². The van der Waals surface area contributed by atoms with Gasteiger partial charge < -0.3 is 10.1 Å². The molecule has 1 atom stereocenters. The van der Waals surface area contributed by atoms with Gasteiger partial charge in [0.15, 0.2) is 0 Å². The van der Waals surface area contributed by atoms with E-state index in [1.807, 2.05) is 24.3 Å². The first-order valence-electron chi connectivity index (χ1n) is 6.11. The molecule has 3 rings (SSSR count). The van der Waals surface area contributed by atoms with Gasteiger partial charge in [-0.1, -0.05) is 35.9 Å². The fourth-order valence-corrected chi connectivity index (χ4v) is 2.47. The molecule has 0 bridgehead atoms. The highest BCUT2D eigenvalue weighted by atomic mass is 35.5. The van der Waals surface area contributed by atoms with Crippen molar-refractivity contribution in [3.63, 3.8) is 0 Å². The lowest BCUT2D eigenvalue weighted by Crippen LogP contribution is -2.23. The maximum absolute atomic E-state index is 13.7. The topological polar surface area (TPSA) is 21.3 Å². The Kier molecular flexibility index (Phi) is 3.40. The minimum Gasteiger partial charge on any atom is -0.374 e. The van der Waals surface area contributed by atoms with Gasteiger partial charge in [0.2, 0.25) is 0 Å². The zero-order chi connectivity index (χ0) is 13.2. The number of anilines is 1. The van der Waals surface area contributed by atoms with Crippen molar-refractivity contribution in [2.45, 2.75) is 12.6 Å². The summed E-state index contributed by atoms with van der Waals surface area (Å²) in [4.78, 5) is 0. The molecular weight excluding hydrogens is 265 g/mol. The van der Waals surface area contributed by atoms with Crippen LogP contribution in [0.2, 0.25) is 5.02 Å². The molecule has 98 valence electrons. The molecule has 2 aromatic rings. The van der Waals surface area contributed by atoms with Crippen molar-refractivity contribution in [1.82, 2.24) is 0 Å². The largest absolute Gasteiger partial charge is 0.374 e. The van der Waals surface area contributed by atoms with Crippen LogP contribution in [-0.4, -0.2) is 6.61 Å². The summed E-state index contributed by atoms with van der Waals surface area (Å²) >= 11 is 5.90. The van der Waals surface area contributed by atoms with Gasteiger partial charge in [0, 0.05) is 5.02 Å². The number of hydrogen-bond donors (Lipinski definition) is 1. The molecule has 0 fully saturated rings. The Morgan fingerprint density at radius 2 is 2.05 bits per heavy atom. The van der Waals surface area contributed by atoms with Crippen molar-refractivity contribution in [2.75, 3.05) is 11.9 Å². The highest BCUT2D eigenvalue weighted by Gasteiger charge is 2.21. The van der Waals surface area contributed by atoms with Crippen LogP contribution in [0.3, 0.4) is 0 Å². The third-order valence-corrected chi connectivity index (χ3v) is 3.47. The summed E-state index contributed by atoms with van der Waals surface area (Å²) in [5.74, 6) is -0.313. The van der Waals surface area contributed by atoms with Crippen LogP contribution in [0.4, 0.5) is 10.1 Å². The number of fused-ring (bicyclic) bond motifs is 1. The first-order valence-corrected chi connectivity index (χ1v) is 6.49. The van der Waals surface area contributed by atoms with Crippen molar-refractivity contribution in [2.24, 2.45) is 0 Å². The van der Waals surface area contributed by atoms with E-state index in [-0.39, 0.29) is 11.9 Å². The van der Waals surface area contributed by atoms with Crippen molar-refractivity contribution in [3.05, 3.63) is 64.4 Å². The van der Waals surface area contributed by atoms with Crippen LogP contribution in [0.25, 0.3) is 0 Å². The first kappa shape index (κ1) is 12.5. The lowest BCUT2D eigenvalue weighted by Gasteiger charge is -2.27. The monoisotopic (exact) mass is 277 g/mol. The van der Waals surface area contributed by atoms with Crippen molar-refractivity contribution in [3.8, 4) is 0 Å². The summed E-state index contributed by atoms with van der Waals surface area (Å²) in [5.41, 5.74) is 2.68. The minimum atomic E-state index is -0.313. The third-order valence-electron chi connectivity index (χ3n) is 3.23. The van der Waals surface area contributed by atoms with E-state index in [9.17, 15) is 4.39 Å². The van der Waals surface area contributed by atoms with Crippen LogP contribution in [0.15, 0.2) is 42.5 Å². The summed E-state index contributed by atoms with van der Waals surface area (Å²) in [6.45, 7) is 1.12. The molecule has 0 aliphatic carbocycles. The summed E-state index contributed by atoms with van der Waals surface area (Å²) in [7, 11) is 0. The van der Waals surface area contributed by atoms with Gasteiger partial charge in [0.25, 0.3) is 0 Å². The van der Waals surface area contributed by atoms with Crippen LogP contribution in [0, 0.1) is 5.82 Å². The van der Waals surface area contributed by atoms with Crippen LogP contribution in [-0.2, 0) is 11.3 Å². The molecule has 0 saturated carbocycles. The number of hydrogen-bond acceptors (Lipinski definition) is 2. The van der Waals surface area contributed by atoms with E-state index >= 15 is 0 Å². The lowest BCUT2D eigenvalue weighted by molar-refractivity contribution is 0.0969. The number of rotatable bonds is 2. The Hall–Kier alpha value is -1.58. The molecule has 1 N–H and O–H groups in total. The smallest absolute Gasteiger partial charge is 0.146 e. The molecule has 4 heteroatoms. The third kappa shape index (κ3) is 2.57. The molecule has 2 nitrogen and oxygen atoms in total. The van der Waals surface area contributed by atoms with Gasteiger partial charge in [-0.05, 0) is 29.3 Å². The molecule has 0 saturated heterocycles. The van der Waals surface area contributed by atoms with E-state index in [1.54, 1.807) is 6.07 Å². The predicted molar refractivity (Wildman–Crippen MR) is 73.9 cm³/mol. The van der Waals surface area contributed by atoms with E-state index in [1.165, 1.54) is 12.1 Å². The highest BCUT2D eigenvalue weighted by Crippen LogP contribution is 2.29. The van der Waals surface area contributed by atoms with Crippen molar-refractivity contribution < 1.29 is 9.13 Å². The number of ether oxygens (including phenoxy) is 1. The van der Waals surface area contributed by atoms with Gasteiger partial charge in [-0.3, -0.25) is 0 Å². The minimum absolute atomic E-state index is 0.0575. The second-order valence-corrected chi connectivity index (χ2v) is 4.97. The van der Waals surface area contributed by atoms with Crippen molar-refractivity contribution in [1.29, 1.82) is 0 Å². The molecule has 1 unspecified atom stereocenters. The summed E-state index contributed by atoms with van der Waals surface area (Å²) < 4.78 is 19.3. The molecule has 1 aliphatic heterocycles. The van der Waals surface area contributed by atoms with Gasteiger partial charge >= 0.3 is 0 Å². The second-order valence-electron chi connectivity index (χ2n) is 4.54. The van der Waals surface area contributed by atoms with E-state index in [2.05, 4.69) is 5.32 Å². The Morgan fingerprint density at radius 3 is 2.95 bits per heavy atom. The van der Waals surface area contributed by atoms with Gasteiger partial charge in [-0.25, -0.2) is 4.39 Å². The quantitative estimate of drug-likeness (QED) is 0.890. The molecular formula is C15H13ClFNO. The molecule has 19 heavy (non-hydrogen) atoms. The zero-order valence-corrected chi connectivity index (χ0v) is 11.0. The van der Waals surface area contributed by atoms with Crippen LogP contribution in [0.5, 0.6) is 0 Å². The number of benzene rings is 2. The molecule has 2 aromatic carbocycles. The Balaban J connectivity index is 1.90. The SMILES string of the molecule is Fc1ccc(Cl)cc1NC1COCc2ccccc21. The van der Waals surface area contributed by atoms with Crippen LogP contribution in [0.1, 0.15) is 17.2 Å². The predicted octanol–water partition coefficient (Wildman–Crippen LogP) is 4.16. The molecule has 1 aliphatic rings. The van der Waals surface area contributed by atoms with Crippen LogP contribution >= 0.6 is 11.6 Å². The molecule has 0 aromatic heterocycles. The normalized spacial score (nSPS) is 17.9. The van der Waals surface area contributed by atoms with E-state index in [4.69, 9.17) is 16.3 Å². The number of nitrogens with one attached hydrogen (secondary N) is 1. The average Bonchev–Trinajstić information content (AvgIpc) is 2.43.